The zero-order valence-corrected chi connectivity index (χ0v) is 13.0. The van der Waals surface area contributed by atoms with Gasteiger partial charge >= 0.3 is 0 Å². The van der Waals surface area contributed by atoms with Gasteiger partial charge in [0.05, 0.1) is 5.69 Å². The summed E-state index contributed by atoms with van der Waals surface area (Å²) >= 11 is 0. The lowest BCUT2D eigenvalue weighted by Crippen LogP contribution is -2.20. The minimum Gasteiger partial charge on any atom is -0.388 e. The Bertz CT molecular complexity index is 619. The lowest BCUT2D eigenvalue weighted by Gasteiger charge is -2.15. The van der Waals surface area contributed by atoms with Gasteiger partial charge < -0.3 is 5.32 Å². The number of hydrogen-bond donors (Lipinski definition) is 1. The molecule has 0 bridgehead atoms. The van der Waals surface area contributed by atoms with Crippen LogP contribution < -0.4 is 5.32 Å². The van der Waals surface area contributed by atoms with Gasteiger partial charge in [-0.2, -0.15) is 5.10 Å². The van der Waals surface area contributed by atoms with Crippen molar-refractivity contribution in [2.45, 2.75) is 25.8 Å². The van der Waals surface area contributed by atoms with E-state index < -0.39 is 0 Å². The van der Waals surface area contributed by atoms with Crippen LogP contribution in [0.1, 0.15) is 29.4 Å². The van der Waals surface area contributed by atoms with E-state index in [1.54, 1.807) is 0 Å². The molecule has 0 saturated carbocycles. The van der Waals surface area contributed by atoms with Crippen molar-refractivity contribution in [2.24, 2.45) is 7.05 Å². The monoisotopic (exact) mass is 285 g/mol. The Morgan fingerprint density at radius 2 is 2.24 bits per heavy atom. The number of anilines is 1. The molecule has 21 heavy (non-hydrogen) atoms. The number of rotatable bonds is 4. The first-order valence-corrected chi connectivity index (χ1v) is 7.51. The first kappa shape index (κ1) is 14.1. The Balaban J connectivity index is 1.67. The molecule has 0 radical (unpaired) electrons. The molecule has 1 N–H and O–H groups in total. The predicted octanol–water partition coefficient (Wildman–Crippen LogP) is 2.15. The van der Waals surface area contributed by atoms with Crippen LogP contribution >= 0.6 is 0 Å². The summed E-state index contributed by atoms with van der Waals surface area (Å²) in [6, 6.07) is 6.36. The Morgan fingerprint density at radius 1 is 1.38 bits per heavy atom. The molecule has 1 saturated heterocycles. The van der Waals surface area contributed by atoms with Gasteiger partial charge in [-0.05, 0) is 38.1 Å². The Hall–Kier alpha value is -1.88. The first-order valence-electron chi connectivity index (χ1n) is 7.51. The number of hydrogen-bond acceptors (Lipinski definition) is 4. The van der Waals surface area contributed by atoms with E-state index in [1.807, 2.05) is 25.0 Å². The van der Waals surface area contributed by atoms with E-state index in [2.05, 4.69) is 40.4 Å². The molecule has 0 aliphatic carbocycles. The SMILES string of the molecule is CNc1cc(C)nc(C2CCN(Cc3ccn(C)n3)C2)c1. The van der Waals surface area contributed by atoms with Crippen molar-refractivity contribution in [3.05, 3.63) is 41.5 Å². The molecular weight excluding hydrogens is 262 g/mol. The summed E-state index contributed by atoms with van der Waals surface area (Å²) in [4.78, 5) is 7.19. The molecule has 5 heteroatoms. The van der Waals surface area contributed by atoms with Crippen LogP contribution in [-0.4, -0.2) is 39.8 Å². The summed E-state index contributed by atoms with van der Waals surface area (Å²) in [6.45, 7) is 5.18. The molecule has 2 aromatic heterocycles. The maximum absolute atomic E-state index is 4.72. The average Bonchev–Trinajstić information content (AvgIpc) is 3.08. The normalized spacial score (nSPS) is 19.1. The average molecular weight is 285 g/mol. The van der Waals surface area contributed by atoms with Crippen LogP contribution in [0.3, 0.4) is 0 Å². The molecular formula is C16H23N5. The van der Waals surface area contributed by atoms with Crippen LogP contribution in [-0.2, 0) is 13.6 Å². The number of aryl methyl sites for hydroxylation is 2. The fourth-order valence-electron chi connectivity index (χ4n) is 3.04. The second kappa shape index (κ2) is 5.85. The summed E-state index contributed by atoms with van der Waals surface area (Å²) in [5, 5.41) is 7.68. The summed E-state index contributed by atoms with van der Waals surface area (Å²) in [7, 11) is 3.92. The Morgan fingerprint density at radius 3 is 2.95 bits per heavy atom. The number of pyridine rings is 1. The maximum atomic E-state index is 4.72. The summed E-state index contributed by atoms with van der Waals surface area (Å²) in [6.07, 6.45) is 3.18. The van der Waals surface area contributed by atoms with Crippen molar-refractivity contribution in [3.63, 3.8) is 0 Å². The number of likely N-dealkylation sites (tertiary alicyclic amines) is 1. The van der Waals surface area contributed by atoms with Crippen LogP contribution in [0.15, 0.2) is 24.4 Å². The lowest BCUT2D eigenvalue weighted by atomic mass is 10.0. The first-order chi connectivity index (χ1) is 10.1. The standard InChI is InChI=1S/C16H23N5/c1-12-8-15(17-2)9-16(18-12)13-4-7-21(10-13)11-14-5-6-20(3)19-14/h5-6,8-9,13H,4,7,10-11H2,1-3H3,(H,17,18). The Labute approximate surface area is 126 Å². The summed E-state index contributed by atoms with van der Waals surface area (Å²) in [5.41, 5.74) is 4.59. The highest BCUT2D eigenvalue weighted by molar-refractivity contribution is 5.45. The van der Waals surface area contributed by atoms with Crippen molar-refractivity contribution in [2.75, 3.05) is 25.5 Å². The van der Waals surface area contributed by atoms with Gasteiger partial charge in [-0.3, -0.25) is 14.6 Å². The zero-order chi connectivity index (χ0) is 14.8. The highest BCUT2D eigenvalue weighted by Crippen LogP contribution is 2.28. The van der Waals surface area contributed by atoms with Gasteiger partial charge in [0.2, 0.25) is 0 Å². The lowest BCUT2D eigenvalue weighted by molar-refractivity contribution is 0.321. The topological polar surface area (TPSA) is 46.0 Å². The van der Waals surface area contributed by atoms with Gasteiger partial charge in [-0.15, -0.1) is 0 Å². The van der Waals surface area contributed by atoms with Crippen molar-refractivity contribution >= 4 is 5.69 Å². The molecule has 3 rings (SSSR count). The third kappa shape index (κ3) is 3.24. The molecule has 112 valence electrons. The van der Waals surface area contributed by atoms with Crippen LogP contribution in [0.4, 0.5) is 5.69 Å². The Kier molecular flexibility index (Phi) is 3.92. The van der Waals surface area contributed by atoms with Crippen LogP contribution in [0.25, 0.3) is 0 Å². The van der Waals surface area contributed by atoms with E-state index in [0.29, 0.717) is 5.92 Å². The minimum atomic E-state index is 0.528. The van der Waals surface area contributed by atoms with Gasteiger partial charge in [0, 0.05) is 56.4 Å². The fraction of sp³-hybridized carbons (Fsp3) is 0.500. The third-order valence-electron chi connectivity index (χ3n) is 4.11. The highest BCUT2D eigenvalue weighted by atomic mass is 15.3. The molecule has 0 spiro atoms. The minimum absolute atomic E-state index is 0.528. The third-order valence-corrected chi connectivity index (χ3v) is 4.11. The van der Waals surface area contributed by atoms with Gasteiger partial charge in [-0.1, -0.05) is 0 Å². The van der Waals surface area contributed by atoms with Gasteiger partial charge in [0.15, 0.2) is 0 Å². The largest absolute Gasteiger partial charge is 0.388 e. The molecule has 3 heterocycles. The second-order valence-corrected chi connectivity index (χ2v) is 5.87. The van der Waals surface area contributed by atoms with E-state index >= 15 is 0 Å². The van der Waals surface area contributed by atoms with E-state index in [1.165, 1.54) is 12.1 Å². The summed E-state index contributed by atoms with van der Waals surface area (Å²) in [5.74, 6) is 0.528. The van der Waals surface area contributed by atoms with E-state index in [-0.39, 0.29) is 0 Å². The molecule has 0 amide bonds. The predicted molar refractivity (Wildman–Crippen MR) is 84.4 cm³/mol. The van der Waals surface area contributed by atoms with E-state index in [4.69, 9.17) is 4.98 Å². The number of nitrogens with one attached hydrogen (secondary N) is 1. The molecule has 0 aromatic carbocycles. The molecule has 1 atom stereocenters. The van der Waals surface area contributed by atoms with Crippen LogP contribution in [0.5, 0.6) is 0 Å². The molecule has 1 fully saturated rings. The van der Waals surface area contributed by atoms with E-state index in [9.17, 15) is 0 Å². The van der Waals surface area contributed by atoms with E-state index in [0.717, 1.165) is 36.7 Å². The molecule has 1 aliphatic heterocycles. The highest BCUT2D eigenvalue weighted by Gasteiger charge is 2.25. The van der Waals surface area contributed by atoms with Crippen LogP contribution in [0, 0.1) is 6.92 Å². The van der Waals surface area contributed by atoms with Gasteiger partial charge in [0.25, 0.3) is 0 Å². The number of aromatic nitrogens is 3. The van der Waals surface area contributed by atoms with Crippen molar-refractivity contribution < 1.29 is 0 Å². The molecule has 1 aliphatic rings. The summed E-state index contributed by atoms with van der Waals surface area (Å²) < 4.78 is 1.87. The molecule has 2 aromatic rings. The molecule has 5 nitrogen and oxygen atoms in total. The smallest absolute Gasteiger partial charge is 0.0764 e. The van der Waals surface area contributed by atoms with Crippen molar-refractivity contribution in [1.82, 2.24) is 19.7 Å². The van der Waals surface area contributed by atoms with Crippen molar-refractivity contribution in [3.8, 4) is 0 Å². The molecule has 1 unspecified atom stereocenters. The quantitative estimate of drug-likeness (QED) is 0.935. The van der Waals surface area contributed by atoms with Crippen LogP contribution in [0.2, 0.25) is 0 Å². The number of nitrogens with zero attached hydrogens (tertiary/aromatic N) is 4. The van der Waals surface area contributed by atoms with Gasteiger partial charge in [0.1, 0.15) is 0 Å². The second-order valence-electron chi connectivity index (χ2n) is 5.87. The zero-order valence-electron chi connectivity index (χ0n) is 13.0. The van der Waals surface area contributed by atoms with Crippen molar-refractivity contribution in [1.29, 1.82) is 0 Å². The van der Waals surface area contributed by atoms with Gasteiger partial charge in [-0.25, -0.2) is 0 Å². The fourth-order valence-corrected chi connectivity index (χ4v) is 3.04. The maximum Gasteiger partial charge on any atom is 0.0764 e.